The molecule has 3 nitrogen and oxygen atoms in total. The molecule has 0 saturated heterocycles. The summed E-state index contributed by atoms with van der Waals surface area (Å²) in [4.78, 5) is 0. The van der Waals surface area contributed by atoms with Gasteiger partial charge in [-0.05, 0) is 49.7 Å². The van der Waals surface area contributed by atoms with Crippen molar-refractivity contribution < 1.29 is 14.0 Å². The second kappa shape index (κ2) is 17.0. The van der Waals surface area contributed by atoms with Crippen LogP contribution in [0.25, 0.3) is 0 Å². The first kappa shape index (κ1) is 32.4. The molecule has 0 saturated carbocycles. The highest BCUT2D eigenvalue weighted by molar-refractivity contribution is 5.23. The summed E-state index contributed by atoms with van der Waals surface area (Å²) in [6, 6.07) is 21.6. The van der Waals surface area contributed by atoms with Crippen LogP contribution in [-0.4, -0.2) is 37.0 Å². The van der Waals surface area contributed by atoms with Crippen LogP contribution in [0.5, 0.6) is 5.75 Å². The summed E-state index contributed by atoms with van der Waals surface area (Å²) in [6.45, 7) is 20.1. The molecule has 0 aliphatic carbocycles. The maximum absolute atomic E-state index is 6.83. The molecule has 38 heavy (non-hydrogen) atoms. The van der Waals surface area contributed by atoms with Crippen molar-refractivity contribution in [2.45, 2.75) is 112 Å². The summed E-state index contributed by atoms with van der Waals surface area (Å²) in [6.07, 6.45) is 9.91. The summed E-state index contributed by atoms with van der Waals surface area (Å²) in [7, 11) is 0. The van der Waals surface area contributed by atoms with Crippen LogP contribution in [0.2, 0.25) is 0 Å². The van der Waals surface area contributed by atoms with Crippen LogP contribution in [0.4, 0.5) is 0 Å². The fourth-order valence-electron chi connectivity index (χ4n) is 6.62. The van der Waals surface area contributed by atoms with Gasteiger partial charge in [-0.25, -0.2) is 0 Å². The van der Waals surface area contributed by atoms with Crippen molar-refractivity contribution in [1.82, 2.24) is 0 Å². The largest absolute Gasteiger partial charge is 0.491 e. The number of ether oxygens (including phenoxy) is 2. The Labute approximate surface area is 235 Å². The highest BCUT2D eigenvalue weighted by Gasteiger charge is 2.55. The molecule has 0 amide bonds. The summed E-state index contributed by atoms with van der Waals surface area (Å²) in [5, 5.41) is 0. The molecule has 0 bridgehead atoms. The number of rotatable bonds is 20. The zero-order valence-corrected chi connectivity index (χ0v) is 25.8. The topological polar surface area (TPSA) is 18.5 Å². The van der Waals surface area contributed by atoms with Crippen molar-refractivity contribution in [1.29, 1.82) is 0 Å². The van der Waals surface area contributed by atoms with Gasteiger partial charge in [0, 0.05) is 25.3 Å². The van der Waals surface area contributed by atoms with Gasteiger partial charge < -0.3 is 9.47 Å². The number of para-hydroxylation sites is 1. The van der Waals surface area contributed by atoms with Gasteiger partial charge in [-0.2, -0.15) is 0 Å². The number of quaternary nitrogens is 1. The van der Waals surface area contributed by atoms with Crippen molar-refractivity contribution in [3.63, 3.8) is 0 Å². The van der Waals surface area contributed by atoms with Crippen LogP contribution in [-0.2, 0) is 10.3 Å². The van der Waals surface area contributed by atoms with Gasteiger partial charge >= 0.3 is 0 Å². The molecule has 214 valence electrons. The molecular weight excluding hydrogens is 466 g/mol. The average molecular weight is 525 g/mol. The predicted octanol–water partition coefficient (Wildman–Crippen LogP) is 9.61. The van der Waals surface area contributed by atoms with Crippen LogP contribution >= 0.6 is 0 Å². The Morgan fingerprint density at radius 1 is 0.658 bits per heavy atom. The minimum Gasteiger partial charge on any atom is -0.491 e. The van der Waals surface area contributed by atoms with Gasteiger partial charge in [0.05, 0.1) is 19.7 Å². The van der Waals surface area contributed by atoms with Crippen LogP contribution in [0.3, 0.4) is 0 Å². The third-order valence-electron chi connectivity index (χ3n) is 8.13. The first-order chi connectivity index (χ1) is 18.3. The van der Waals surface area contributed by atoms with Crippen LogP contribution in [0, 0.1) is 11.8 Å². The van der Waals surface area contributed by atoms with Crippen molar-refractivity contribution in [2.75, 3.05) is 26.3 Å². The van der Waals surface area contributed by atoms with Gasteiger partial charge in [0.1, 0.15) is 17.9 Å². The SMILES string of the molecule is CCCCC[N+](CCCCC)(C(C)OCCOc1ccccc1)C(CC(C)C)(CC(C)C)c1ccccc1. The molecule has 2 rings (SSSR count). The Hall–Kier alpha value is -1.84. The predicted molar refractivity (Wildman–Crippen MR) is 163 cm³/mol. The molecule has 3 heteroatoms. The van der Waals surface area contributed by atoms with Crippen molar-refractivity contribution >= 4 is 0 Å². The molecule has 2 aromatic rings. The van der Waals surface area contributed by atoms with Gasteiger partial charge in [0.2, 0.25) is 0 Å². The summed E-state index contributed by atoms with van der Waals surface area (Å²) < 4.78 is 13.9. The molecule has 1 atom stereocenters. The molecule has 1 unspecified atom stereocenters. The number of hydrogen-bond acceptors (Lipinski definition) is 2. The van der Waals surface area contributed by atoms with E-state index in [0.29, 0.717) is 25.0 Å². The van der Waals surface area contributed by atoms with Gasteiger partial charge in [-0.15, -0.1) is 0 Å². The third kappa shape index (κ3) is 9.12. The third-order valence-corrected chi connectivity index (χ3v) is 8.13. The first-order valence-electron chi connectivity index (χ1n) is 15.5. The number of hydrogen-bond donors (Lipinski definition) is 0. The van der Waals surface area contributed by atoms with E-state index in [0.717, 1.165) is 23.3 Å². The molecule has 0 radical (unpaired) electrons. The second-order valence-corrected chi connectivity index (χ2v) is 12.1. The lowest BCUT2D eigenvalue weighted by atomic mass is 9.72. The van der Waals surface area contributed by atoms with E-state index in [1.165, 1.54) is 56.9 Å². The fourth-order valence-corrected chi connectivity index (χ4v) is 6.62. The maximum atomic E-state index is 6.83. The van der Waals surface area contributed by atoms with Gasteiger partial charge in [0.25, 0.3) is 0 Å². The monoisotopic (exact) mass is 524 g/mol. The average Bonchev–Trinajstić information content (AvgIpc) is 2.90. The highest BCUT2D eigenvalue weighted by atomic mass is 16.5. The molecular formula is C35H58NO2+. The number of unbranched alkanes of at least 4 members (excludes halogenated alkanes) is 4. The van der Waals surface area contributed by atoms with Crippen LogP contribution in [0.15, 0.2) is 60.7 Å². The standard InChI is InChI=1S/C35H58NO2/c1-8-10-18-24-36(25-19-11-9-2,32(7)37-26-27-38-34-22-16-13-17-23-34)35(28-30(3)4,29-31(5)6)33-20-14-12-15-21-33/h12-17,20-23,30-32H,8-11,18-19,24-29H2,1-7H3/q+1. The lowest BCUT2D eigenvalue weighted by molar-refractivity contribution is -1.02. The molecule has 0 aliphatic rings. The molecule has 0 aliphatic heterocycles. The summed E-state index contributed by atoms with van der Waals surface area (Å²) >= 11 is 0. The molecule has 0 aromatic heterocycles. The molecule has 0 spiro atoms. The second-order valence-electron chi connectivity index (χ2n) is 12.1. The van der Waals surface area contributed by atoms with Crippen molar-refractivity contribution in [2.24, 2.45) is 11.8 Å². The van der Waals surface area contributed by atoms with E-state index in [4.69, 9.17) is 9.47 Å². The molecule has 0 N–H and O–H groups in total. The Morgan fingerprint density at radius 2 is 1.16 bits per heavy atom. The van der Waals surface area contributed by atoms with Gasteiger partial charge in [-0.1, -0.05) is 103 Å². The van der Waals surface area contributed by atoms with Crippen LogP contribution in [0.1, 0.15) is 105 Å². The van der Waals surface area contributed by atoms with E-state index < -0.39 is 0 Å². The summed E-state index contributed by atoms with van der Waals surface area (Å²) in [5.74, 6) is 2.10. The normalized spacial score (nSPS) is 13.3. The lowest BCUT2D eigenvalue weighted by Crippen LogP contribution is -2.68. The zero-order chi connectivity index (χ0) is 27.9. The lowest BCUT2D eigenvalue weighted by Gasteiger charge is -2.58. The Balaban J connectivity index is 2.54. The van der Waals surface area contributed by atoms with E-state index in [1.54, 1.807) is 0 Å². The van der Waals surface area contributed by atoms with E-state index >= 15 is 0 Å². The van der Waals surface area contributed by atoms with Gasteiger partial charge in [-0.3, -0.25) is 4.48 Å². The Kier molecular flexibility index (Phi) is 14.5. The first-order valence-corrected chi connectivity index (χ1v) is 15.5. The maximum Gasteiger partial charge on any atom is 0.191 e. The Bertz CT molecular complexity index is 829. The minimum absolute atomic E-state index is 0.00474. The minimum atomic E-state index is 0.00474. The number of nitrogens with zero attached hydrogens (tertiary/aromatic N) is 1. The zero-order valence-electron chi connectivity index (χ0n) is 25.8. The van der Waals surface area contributed by atoms with E-state index in [9.17, 15) is 0 Å². The highest BCUT2D eigenvalue weighted by Crippen LogP contribution is 2.48. The van der Waals surface area contributed by atoms with E-state index in [1.807, 2.05) is 30.3 Å². The van der Waals surface area contributed by atoms with E-state index in [-0.39, 0.29) is 11.8 Å². The Morgan fingerprint density at radius 3 is 1.63 bits per heavy atom. The van der Waals surface area contributed by atoms with Crippen LogP contribution < -0.4 is 4.74 Å². The molecule has 0 fully saturated rings. The van der Waals surface area contributed by atoms with Crippen molar-refractivity contribution in [3.05, 3.63) is 66.2 Å². The molecule has 0 heterocycles. The quantitative estimate of drug-likeness (QED) is 0.0975. The van der Waals surface area contributed by atoms with E-state index in [2.05, 4.69) is 78.8 Å². The fraction of sp³-hybridized carbons (Fsp3) is 0.657. The summed E-state index contributed by atoms with van der Waals surface area (Å²) in [5.41, 5.74) is 1.50. The molecule has 2 aromatic carbocycles. The van der Waals surface area contributed by atoms with Crippen molar-refractivity contribution in [3.8, 4) is 5.75 Å². The van der Waals surface area contributed by atoms with Gasteiger partial charge in [0.15, 0.2) is 6.23 Å². The smallest absolute Gasteiger partial charge is 0.191 e. The number of benzene rings is 2.